The average molecular weight is 300 g/mol. The van der Waals surface area contributed by atoms with Gasteiger partial charge >= 0.3 is 0 Å². The second-order valence-corrected chi connectivity index (χ2v) is 6.40. The van der Waals surface area contributed by atoms with Gasteiger partial charge in [0.2, 0.25) is 0 Å². The number of aliphatic hydroxyl groups excluding tert-OH is 1. The highest BCUT2D eigenvalue weighted by Crippen LogP contribution is 2.42. The van der Waals surface area contributed by atoms with Crippen molar-refractivity contribution in [2.75, 3.05) is 5.32 Å². The summed E-state index contributed by atoms with van der Waals surface area (Å²) in [7, 11) is 0. The van der Waals surface area contributed by atoms with E-state index >= 15 is 0 Å². The maximum absolute atomic E-state index is 12.1. The SMILES string of the molecule is CCCCn1ncc(NC2CC(O)C2(C)C)c(Cl)c1=O. The van der Waals surface area contributed by atoms with Crippen LogP contribution in [0.2, 0.25) is 5.02 Å². The zero-order chi connectivity index (χ0) is 14.9. The molecule has 1 aliphatic rings. The van der Waals surface area contributed by atoms with E-state index in [0.717, 1.165) is 12.8 Å². The molecule has 6 heteroatoms. The molecule has 1 fully saturated rings. The second kappa shape index (κ2) is 5.74. The zero-order valence-electron chi connectivity index (χ0n) is 12.2. The quantitative estimate of drug-likeness (QED) is 0.875. The van der Waals surface area contributed by atoms with E-state index in [1.807, 2.05) is 13.8 Å². The number of unbranched alkanes of at least 4 members (excludes halogenated alkanes) is 1. The Morgan fingerprint density at radius 1 is 1.60 bits per heavy atom. The zero-order valence-corrected chi connectivity index (χ0v) is 12.9. The van der Waals surface area contributed by atoms with E-state index in [1.165, 1.54) is 4.68 Å². The number of rotatable bonds is 5. The molecule has 1 heterocycles. The number of nitrogens with one attached hydrogen (secondary N) is 1. The Labute approximate surface area is 124 Å². The first-order chi connectivity index (χ1) is 9.37. The van der Waals surface area contributed by atoms with Crippen LogP contribution in [-0.4, -0.2) is 27.0 Å². The average Bonchev–Trinajstić information content (AvgIpc) is 2.42. The van der Waals surface area contributed by atoms with Crippen molar-refractivity contribution in [2.24, 2.45) is 5.41 Å². The highest BCUT2D eigenvalue weighted by Gasteiger charge is 2.47. The summed E-state index contributed by atoms with van der Waals surface area (Å²) in [6, 6.07) is 0.0997. The van der Waals surface area contributed by atoms with E-state index < -0.39 is 0 Å². The van der Waals surface area contributed by atoms with Gasteiger partial charge < -0.3 is 10.4 Å². The maximum atomic E-state index is 12.1. The van der Waals surface area contributed by atoms with E-state index in [2.05, 4.69) is 17.3 Å². The summed E-state index contributed by atoms with van der Waals surface area (Å²) in [5.74, 6) is 0. The minimum absolute atomic E-state index is 0.0997. The highest BCUT2D eigenvalue weighted by atomic mass is 35.5. The molecule has 2 N–H and O–H groups in total. The van der Waals surface area contributed by atoms with Crippen LogP contribution < -0.4 is 10.9 Å². The summed E-state index contributed by atoms with van der Waals surface area (Å²) in [5.41, 5.74) is 0.0672. The van der Waals surface area contributed by atoms with Crippen LogP contribution in [0.4, 0.5) is 5.69 Å². The summed E-state index contributed by atoms with van der Waals surface area (Å²) in [5, 5.41) is 17.3. The summed E-state index contributed by atoms with van der Waals surface area (Å²) in [4.78, 5) is 12.1. The molecule has 5 nitrogen and oxygen atoms in total. The van der Waals surface area contributed by atoms with Gasteiger partial charge in [0.15, 0.2) is 0 Å². The van der Waals surface area contributed by atoms with Crippen LogP contribution >= 0.6 is 11.6 Å². The molecule has 0 spiro atoms. The standard InChI is InChI=1S/C14H22ClN3O2/c1-4-5-6-18-13(20)12(15)9(8-16-18)17-10-7-11(19)14(10,2)3/h8,10-11,17,19H,4-7H2,1-3H3. The van der Waals surface area contributed by atoms with E-state index in [1.54, 1.807) is 6.20 Å². The topological polar surface area (TPSA) is 67.2 Å². The predicted molar refractivity (Wildman–Crippen MR) is 80.2 cm³/mol. The molecule has 0 amide bonds. The van der Waals surface area contributed by atoms with Gasteiger partial charge in [-0.05, 0) is 12.8 Å². The largest absolute Gasteiger partial charge is 0.392 e. The first kappa shape index (κ1) is 15.3. The molecule has 0 aromatic carbocycles. The number of hydrogen-bond donors (Lipinski definition) is 2. The summed E-state index contributed by atoms with van der Waals surface area (Å²) < 4.78 is 1.40. The van der Waals surface area contributed by atoms with Crippen molar-refractivity contribution in [1.29, 1.82) is 0 Å². The minimum Gasteiger partial charge on any atom is -0.392 e. The van der Waals surface area contributed by atoms with Crippen LogP contribution in [0.5, 0.6) is 0 Å². The Balaban J connectivity index is 2.14. The number of halogens is 1. The third-order valence-corrected chi connectivity index (χ3v) is 4.62. The van der Waals surface area contributed by atoms with Crippen LogP contribution in [0.15, 0.2) is 11.0 Å². The molecular weight excluding hydrogens is 278 g/mol. The predicted octanol–water partition coefficient (Wildman–Crippen LogP) is 2.27. The minimum atomic E-state index is -0.323. The first-order valence-corrected chi connectivity index (χ1v) is 7.46. The number of aromatic nitrogens is 2. The number of aryl methyl sites for hydroxylation is 1. The molecule has 0 aliphatic heterocycles. The molecule has 112 valence electrons. The summed E-state index contributed by atoms with van der Waals surface area (Å²) >= 11 is 6.13. The number of nitrogens with zero attached hydrogens (tertiary/aromatic N) is 2. The molecule has 1 aromatic rings. The maximum Gasteiger partial charge on any atom is 0.287 e. The van der Waals surface area contributed by atoms with Crippen molar-refractivity contribution in [2.45, 2.75) is 58.7 Å². The number of aliphatic hydroxyl groups is 1. The lowest BCUT2D eigenvalue weighted by Crippen LogP contribution is -2.57. The van der Waals surface area contributed by atoms with Crippen molar-refractivity contribution < 1.29 is 5.11 Å². The Kier molecular flexibility index (Phi) is 4.39. The molecule has 0 saturated heterocycles. The van der Waals surface area contributed by atoms with E-state index in [0.29, 0.717) is 18.7 Å². The van der Waals surface area contributed by atoms with Crippen LogP contribution in [0.25, 0.3) is 0 Å². The Morgan fingerprint density at radius 2 is 2.30 bits per heavy atom. The third kappa shape index (κ3) is 2.69. The van der Waals surface area contributed by atoms with Crippen molar-refractivity contribution in [1.82, 2.24) is 9.78 Å². The van der Waals surface area contributed by atoms with Crippen molar-refractivity contribution in [3.63, 3.8) is 0 Å². The van der Waals surface area contributed by atoms with Gasteiger partial charge in [0.1, 0.15) is 5.02 Å². The van der Waals surface area contributed by atoms with Crippen LogP contribution in [0.3, 0.4) is 0 Å². The number of anilines is 1. The molecular formula is C14H22ClN3O2. The van der Waals surface area contributed by atoms with E-state index in [9.17, 15) is 9.90 Å². The van der Waals surface area contributed by atoms with Gasteiger partial charge in [-0.25, -0.2) is 4.68 Å². The summed E-state index contributed by atoms with van der Waals surface area (Å²) in [6.45, 7) is 6.63. The van der Waals surface area contributed by atoms with Crippen molar-refractivity contribution in [3.8, 4) is 0 Å². The molecule has 0 bridgehead atoms. The molecule has 20 heavy (non-hydrogen) atoms. The molecule has 1 aliphatic carbocycles. The van der Waals surface area contributed by atoms with Gasteiger partial charge in [-0.3, -0.25) is 4.79 Å². The van der Waals surface area contributed by atoms with Gasteiger partial charge in [0, 0.05) is 18.0 Å². The fraction of sp³-hybridized carbons (Fsp3) is 0.714. The molecule has 2 rings (SSSR count). The molecule has 2 atom stereocenters. The molecule has 0 radical (unpaired) electrons. The van der Waals surface area contributed by atoms with Gasteiger partial charge in [-0.2, -0.15) is 5.10 Å². The second-order valence-electron chi connectivity index (χ2n) is 6.02. The van der Waals surface area contributed by atoms with E-state index in [4.69, 9.17) is 11.6 Å². The smallest absolute Gasteiger partial charge is 0.287 e. The normalized spacial score (nSPS) is 24.2. The van der Waals surface area contributed by atoms with Crippen LogP contribution in [0.1, 0.15) is 40.0 Å². The lowest BCUT2D eigenvalue weighted by molar-refractivity contribution is -0.0510. The number of hydrogen-bond acceptors (Lipinski definition) is 4. The lowest BCUT2D eigenvalue weighted by atomic mass is 9.64. The Bertz CT molecular complexity index is 542. The monoisotopic (exact) mass is 299 g/mol. The highest BCUT2D eigenvalue weighted by molar-refractivity contribution is 6.32. The fourth-order valence-corrected chi connectivity index (χ4v) is 2.57. The van der Waals surface area contributed by atoms with Gasteiger partial charge in [-0.15, -0.1) is 0 Å². The Hall–Kier alpha value is -1.07. The molecule has 1 saturated carbocycles. The van der Waals surface area contributed by atoms with Gasteiger partial charge in [0.05, 0.1) is 18.0 Å². The fourth-order valence-electron chi connectivity index (χ4n) is 2.37. The van der Waals surface area contributed by atoms with Crippen molar-refractivity contribution >= 4 is 17.3 Å². The lowest BCUT2D eigenvalue weighted by Gasteiger charge is -2.49. The molecule has 1 aromatic heterocycles. The Morgan fingerprint density at radius 3 is 2.85 bits per heavy atom. The third-order valence-electron chi connectivity index (χ3n) is 4.25. The van der Waals surface area contributed by atoms with Crippen LogP contribution in [-0.2, 0) is 6.54 Å². The van der Waals surface area contributed by atoms with Gasteiger partial charge in [-0.1, -0.05) is 38.8 Å². The van der Waals surface area contributed by atoms with Gasteiger partial charge in [0.25, 0.3) is 5.56 Å². The molecule has 2 unspecified atom stereocenters. The first-order valence-electron chi connectivity index (χ1n) is 7.08. The van der Waals surface area contributed by atoms with E-state index in [-0.39, 0.29) is 28.1 Å². The summed E-state index contributed by atoms with van der Waals surface area (Å²) in [6.07, 6.45) is 3.83. The van der Waals surface area contributed by atoms with Crippen LogP contribution in [0, 0.1) is 5.41 Å². The van der Waals surface area contributed by atoms with Crippen molar-refractivity contribution in [3.05, 3.63) is 21.6 Å².